The van der Waals surface area contributed by atoms with Gasteiger partial charge in [-0.25, -0.2) is 4.98 Å². The zero-order valence-corrected chi connectivity index (χ0v) is 12.3. The Bertz CT molecular complexity index is 691. The summed E-state index contributed by atoms with van der Waals surface area (Å²) in [6.45, 7) is 0. The summed E-state index contributed by atoms with van der Waals surface area (Å²) in [6, 6.07) is 12.2. The number of nitrogen functional groups attached to an aromatic ring is 1. The molecular weight excluding hydrogens is 357 g/mol. The van der Waals surface area contributed by atoms with Gasteiger partial charge in [-0.05, 0) is 59.0 Å². The van der Waals surface area contributed by atoms with Crippen molar-refractivity contribution in [3.63, 3.8) is 0 Å². The Hall–Kier alpha value is -1.34. The second-order valence-electron chi connectivity index (χ2n) is 3.86. The van der Waals surface area contributed by atoms with Gasteiger partial charge < -0.3 is 11.1 Å². The van der Waals surface area contributed by atoms with Crippen LogP contribution in [-0.2, 0) is 0 Å². The molecule has 5 heteroatoms. The largest absolute Gasteiger partial charge is 0.395 e. The molecule has 0 amide bonds. The van der Waals surface area contributed by atoms with Crippen molar-refractivity contribution in [2.24, 2.45) is 0 Å². The fraction of sp³-hybridized carbons (Fsp3) is 0. The number of nitrogens with zero attached hydrogens (tertiary/aromatic N) is 1. The number of rotatable bonds is 2. The van der Waals surface area contributed by atoms with Gasteiger partial charge in [0, 0.05) is 9.26 Å². The molecule has 1 aromatic heterocycles. The first-order valence-corrected chi connectivity index (χ1v) is 7.34. The summed E-state index contributed by atoms with van der Waals surface area (Å²) in [5.74, 6) is 0. The monoisotopic (exact) mass is 367 g/mol. The number of nitrogens with two attached hydrogens (primary N) is 1. The van der Waals surface area contributed by atoms with Gasteiger partial charge in [0.15, 0.2) is 0 Å². The summed E-state index contributed by atoms with van der Waals surface area (Å²) in [5, 5.41) is 3.32. The highest BCUT2D eigenvalue weighted by atomic mass is 127. The molecule has 0 fully saturated rings. The van der Waals surface area contributed by atoms with Crippen LogP contribution in [-0.4, -0.2) is 4.98 Å². The summed E-state index contributed by atoms with van der Waals surface area (Å²) in [5.41, 5.74) is 11.4. The van der Waals surface area contributed by atoms with E-state index in [1.807, 2.05) is 29.8 Å². The minimum atomic E-state index is 0.701. The molecule has 18 heavy (non-hydrogen) atoms. The first-order valence-electron chi connectivity index (χ1n) is 5.38. The maximum Gasteiger partial charge on any atom is 0.106 e. The van der Waals surface area contributed by atoms with Gasteiger partial charge in [-0.2, -0.15) is 0 Å². The molecule has 0 saturated carbocycles. The minimum Gasteiger partial charge on any atom is -0.395 e. The van der Waals surface area contributed by atoms with E-state index in [4.69, 9.17) is 5.73 Å². The molecular formula is C13H10IN3S. The number of thiazole rings is 1. The second kappa shape index (κ2) is 4.74. The lowest BCUT2D eigenvalue weighted by Crippen LogP contribution is -1.96. The van der Waals surface area contributed by atoms with Crippen molar-refractivity contribution in [1.82, 2.24) is 4.98 Å². The SMILES string of the molecule is Nc1c(Nc2ccc(I)cc2)ccc2scnc12. The summed E-state index contributed by atoms with van der Waals surface area (Å²) < 4.78 is 2.32. The number of nitrogens with one attached hydrogen (secondary N) is 1. The molecule has 0 atom stereocenters. The maximum atomic E-state index is 6.12. The average Bonchev–Trinajstić information content (AvgIpc) is 2.84. The van der Waals surface area contributed by atoms with E-state index in [1.165, 1.54) is 3.57 Å². The predicted octanol–water partition coefficient (Wildman–Crippen LogP) is 4.23. The number of halogens is 1. The molecule has 0 spiro atoms. The number of aromatic nitrogens is 1. The fourth-order valence-corrected chi connectivity index (χ4v) is 2.80. The molecule has 90 valence electrons. The van der Waals surface area contributed by atoms with Crippen LogP contribution in [0.2, 0.25) is 0 Å². The summed E-state index contributed by atoms with van der Waals surface area (Å²) in [7, 11) is 0. The highest BCUT2D eigenvalue weighted by Gasteiger charge is 2.06. The normalized spacial score (nSPS) is 10.7. The van der Waals surface area contributed by atoms with Crippen LogP contribution in [0.4, 0.5) is 17.1 Å². The minimum absolute atomic E-state index is 0.701. The molecule has 2 aromatic carbocycles. The van der Waals surface area contributed by atoms with E-state index in [1.54, 1.807) is 11.3 Å². The van der Waals surface area contributed by atoms with Gasteiger partial charge in [-0.1, -0.05) is 0 Å². The van der Waals surface area contributed by atoms with Crippen LogP contribution < -0.4 is 11.1 Å². The zero-order valence-electron chi connectivity index (χ0n) is 9.35. The van der Waals surface area contributed by atoms with Crippen LogP contribution in [0.5, 0.6) is 0 Å². The first kappa shape index (κ1) is 11.7. The van der Waals surface area contributed by atoms with Crippen LogP contribution in [0, 0.1) is 3.57 Å². The quantitative estimate of drug-likeness (QED) is 0.527. The molecule has 3 rings (SSSR count). The number of hydrogen-bond donors (Lipinski definition) is 2. The highest BCUT2D eigenvalue weighted by Crippen LogP contribution is 2.31. The first-order chi connectivity index (χ1) is 8.74. The smallest absolute Gasteiger partial charge is 0.106 e. The van der Waals surface area contributed by atoms with Crippen molar-refractivity contribution in [2.75, 3.05) is 11.1 Å². The van der Waals surface area contributed by atoms with E-state index < -0.39 is 0 Å². The summed E-state index contributed by atoms with van der Waals surface area (Å²) >= 11 is 3.88. The molecule has 3 nitrogen and oxygen atoms in total. The Kier molecular flexibility index (Phi) is 3.09. The van der Waals surface area contributed by atoms with Crippen LogP contribution in [0.25, 0.3) is 10.2 Å². The molecule has 0 bridgehead atoms. The standard InChI is InChI=1S/C13H10IN3S/c14-8-1-3-9(4-2-8)17-10-5-6-11-13(12(10)15)16-7-18-11/h1-7,17H,15H2. The third-order valence-electron chi connectivity index (χ3n) is 2.66. The van der Waals surface area contributed by atoms with Crippen LogP contribution >= 0.6 is 33.9 Å². The van der Waals surface area contributed by atoms with E-state index in [2.05, 4.69) is 45.0 Å². The van der Waals surface area contributed by atoms with Gasteiger partial charge >= 0.3 is 0 Å². The Morgan fingerprint density at radius 3 is 2.67 bits per heavy atom. The van der Waals surface area contributed by atoms with E-state index in [9.17, 15) is 0 Å². The number of anilines is 3. The van der Waals surface area contributed by atoms with Crippen LogP contribution in [0.15, 0.2) is 41.9 Å². The molecule has 0 saturated heterocycles. The van der Waals surface area contributed by atoms with Crippen LogP contribution in [0.3, 0.4) is 0 Å². The van der Waals surface area contributed by atoms with E-state index >= 15 is 0 Å². The second-order valence-corrected chi connectivity index (χ2v) is 5.99. The van der Waals surface area contributed by atoms with E-state index in [0.29, 0.717) is 5.69 Å². The summed E-state index contributed by atoms with van der Waals surface area (Å²) in [4.78, 5) is 4.29. The lowest BCUT2D eigenvalue weighted by molar-refractivity contribution is 1.48. The highest BCUT2D eigenvalue weighted by molar-refractivity contribution is 14.1. The molecule has 0 aliphatic carbocycles. The lowest BCUT2D eigenvalue weighted by Gasteiger charge is -2.09. The Balaban J connectivity index is 1.99. The molecule has 0 unspecified atom stereocenters. The molecule has 0 aliphatic rings. The van der Waals surface area contributed by atoms with Gasteiger partial charge in [-0.15, -0.1) is 11.3 Å². The van der Waals surface area contributed by atoms with Gasteiger partial charge in [0.1, 0.15) is 5.52 Å². The lowest BCUT2D eigenvalue weighted by atomic mass is 10.2. The third kappa shape index (κ3) is 2.15. The Morgan fingerprint density at radius 2 is 1.89 bits per heavy atom. The van der Waals surface area contributed by atoms with Crippen LogP contribution in [0.1, 0.15) is 0 Å². The Labute approximate surface area is 122 Å². The van der Waals surface area contributed by atoms with Crippen molar-refractivity contribution in [3.8, 4) is 0 Å². The molecule has 3 N–H and O–H groups in total. The number of hydrogen-bond acceptors (Lipinski definition) is 4. The van der Waals surface area contributed by atoms with Crippen molar-refractivity contribution in [3.05, 3.63) is 45.5 Å². The Morgan fingerprint density at radius 1 is 1.11 bits per heavy atom. The van der Waals surface area contributed by atoms with Gasteiger partial charge in [0.25, 0.3) is 0 Å². The van der Waals surface area contributed by atoms with Crippen molar-refractivity contribution in [1.29, 1.82) is 0 Å². The molecule has 3 aromatic rings. The van der Waals surface area contributed by atoms with E-state index in [-0.39, 0.29) is 0 Å². The van der Waals surface area contributed by atoms with Gasteiger partial charge in [0.05, 0.1) is 21.6 Å². The number of fused-ring (bicyclic) bond motifs is 1. The zero-order chi connectivity index (χ0) is 12.5. The molecule has 0 aliphatic heterocycles. The van der Waals surface area contributed by atoms with E-state index in [0.717, 1.165) is 21.6 Å². The third-order valence-corrected chi connectivity index (χ3v) is 4.18. The number of benzene rings is 2. The van der Waals surface area contributed by atoms with Crippen molar-refractivity contribution >= 4 is 61.2 Å². The van der Waals surface area contributed by atoms with Gasteiger partial charge in [0.2, 0.25) is 0 Å². The predicted molar refractivity (Wildman–Crippen MR) is 86.5 cm³/mol. The average molecular weight is 367 g/mol. The summed E-state index contributed by atoms with van der Waals surface area (Å²) in [6.07, 6.45) is 0. The molecule has 0 radical (unpaired) electrons. The topological polar surface area (TPSA) is 50.9 Å². The fourth-order valence-electron chi connectivity index (χ4n) is 1.75. The van der Waals surface area contributed by atoms with Crippen molar-refractivity contribution in [2.45, 2.75) is 0 Å². The molecule has 1 heterocycles. The van der Waals surface area contributed by atoms with Crippen molar-refractivity contribution < 1.29 is 0 Å². The van der Waals surface area contributed by atoms with Gasteiger partial charge in [-0.3, -0.25) is 0 Å². The maximum absolute atomic E-state index is 6.12.